The van der Waals surface area contributed by atoms with Crippen molar-refractivity contribution >= 4 is 23.3 Å². The molecule has 0 saturated carbocycles. The molecule has 4 rings (SSSR count). The highest BCUT2D eigenvalue weighted by molar-refractivity contribution is 6.30. The van der Waals surface area contributed by atoms with Crippen molar-refractivity contribution in [2.24, 2.45) is 0 Å². The summed E-state index contributed by atoms with van der Waals surface area (Å²) in [6.07, 6.45) is -3.53. The number of carbonyl (C=O) groups excluding carboxylic acids is 1. The average molecular weight is 590 g/mol. The summed E-state index contributed by atoms with van der Waals surface area (Å²) in [6, 6.07) is 32.5. The molecule has 0 aromatic heterocycles. The zero-order chi connectivity index (χ0) is 30.2. The van der Waals surface area contributed by atoms with E-state index in [9.17, 15) is 4.79 Å². The molecular weight excluding hydrogens is 559 g/mol. The van der Waals surface area contributed by atoms with Crippen molar-refractivity contribution < 1.29 is 22.7 Å². The van der Waals surface area contributed by atoms with E-state index in [4.69, 9.17) is 16.3 Å². The molecular formula is C35H31ClF3NO2. The lowest BCUT2D eigenvalue weighted by molar-refractivity contribution is -0.252. The maximum atomic E-state index is 15.2. The summed E-state index contributed by atoms with van der Waals surface area (Å²) in [5, 5.41) is 3.51. The third-order valence-corrected chi connectivity index (χ3v) is 7.15. The zero-order valence-corrected chi connectivity index (χ0v) is 24.1. The number of nitrogens with one attached hydrogen (secondary N) is 1. The normalized spacial score (nSPS) is 12.9. The predicted octanol–water partition coefficient (Wildman–Crippen LogP) is 9.26. The van der Waals surface area contributed by atoms with Crippen LogP contribution in [0.5, 0.6) is 0 Å². The Morgan fingerprint density at radius 1 is 0.833 bits per heavy atom. The van der Waals surface area contributed by atoms with Gasteiger partial charge in [0, 0.05) is 29.6 Å². The molecule has 7 heteroatoms. The van der Waals surface area contributed by atoms with Crippen LogP contribution in [-0.4, -0.2) is 12.1 Å². The molecule has 1 N–H and O–H groups in total. The van der Waals surface area contributed by atoms with Gasteiger partial charge in [-0.1, -0.05) is 122 Å². The molecule has 0 saturated heterocycles. The number of rotatable bonds is 9. The predicted molar refractivity (Wildman–Crippen MR) is 161 cm³/mol. The number of benzene rings is 4. The smallest absolute Gasteiger partial charge is 0.431 e. The maximum absolute atomic E-state index is 15.2. The minimum absolute atomic E-state index is 0.0384. The summed E-state index contributed by atoms with van der Waals surface area (Å²) in [5.74, 6) is 3.81. The Hall–Kier alpha value is -4.21. The van der Waals surface area contributed by atoms with Crippen LogP contribution in [0, 0.1) is 11.8 Å². The molecule has 0 fully saturated rings. The largest absolute Gasteiger partial charge is 0.445 e. The second-order valence-electron chi connectivity index (χ2n) is 9.84. The average Bonchev–Trinajstić information content (AvgIpc) is 2.99. The van der Waals surface area contributed by atoms with Gasteiger partial charge in [0.1, 0.15) is 5.54 Å². The van der Waals surface area contributed by atoms with E-state index in [0.29, 0.717) is 6.42 Å². The molecule has 0 aliphatic heterocycles. The molecule has 0 aliphatic carbocycles. The third-order valence-electron chi connectivity index (χ3n) is 6.92. The van der Waals surface area contributed by atoms with Crippen LogP contribution >= 0.6 is 11.6 Å². The summed E-state index contributed by atoms with van der Waals surface area (Å²) in [4.78, 5) is 12.3. The van der Waals surface area contributed by atoms with Crippen molar-refractivity contribution in [2.75, 3.05) is 5.32 Å². The number of ether oxygens (including phenoxy) is 1. The topological polar surface area (TPSA) is 38.3 Å². The zero-order valence-electron chi connectivity index (χ0n) is 23.3. The van der Waals surface area contributed by atoms with E-state index in [0.717, 1.165) is 30.0 Å². The van der Waals surface area contributed by atoms with E-state index in [1.165, 1.54) is 18.2 Å². The number of unbranched alkanes of at least 4 members (excludes halogenated alkanes) is 2. The van der Waals surface area contributed by atoms with Gasteiger partial charge in [-0.2, -0.15) is 13.2 Å². The Morgan fingerprint density at radius 3 is 1.76 bits per heavy atom. The van der Waals surface area contributed by atoms with Gasteiger partial charge in [-0.25, -0.2) is 0 Å². The van der Waals surface area contributed by atoms with Crippen LogP contribution in [0.4, 0.5) is 18.9 Å². The van der Waals surface area contributed by atoms with Gasteiger partial charge in [0.15, 0.2) is 0 Å². The highest BCUT2D eigenvalue weighted by Crippen LogP contribution is 2.48. The number of carbonyl (C=O) groups is 1. The van der Waals surface area contributed by atoms with Gasteiger partial charge in [0.05, 0.1) is 0 Å². The molecule has 3 nitrogen and oxygen atoms in total. The summed E-state index contributed by atoms with van der Waals surface area (Å²) in [7, 11) is 0. The van der Waals surface area contributed by atoms with Crippen LogP contribution in [0.1, 0.15) is 55.4 Å². The van der Waals surface area contributed by atoms with E-state index in [-0.39, 0.29) is 17.1 Å². The van der Waals surface area contributed by atoms with Crippen LogP contribution in [0.3, 0.4) is 0 Å². The Balaban J connectivity index is 2.07. The second kappa shape index (κ2) is 13.2. The molecule has 0 aliphatic rings. The fourth-order valence-corrected chi connectivity index (χ4v) is 5.17. The van der Waals surface area contributed by atoms with Crippen LogP contribution < -0.4 is 5.32 Å². The summed E-state index contributed by atoms with van der Waals surface area (Å²) in [6.45, 7) is 2.86. The van der Waals surface area contributed by atoms with Gasteiger partial charge in [0.2, 0.25) is 0 Å². The Bertz CT molecular complexity index is 1450. The summed E-state index contributed by atoms with van der Waals surface area (Å²) < 4.78 is 50.7. The number of hydrogen-bond acceptors (Lipinski definition) is 3. The first-order chi connectivity index (χ1) is 20.1. The van der Waals surface area contributed by atoms with Crippen LogP contribution in [0.15, 0.2) is 109 Å². The molecule has 1 unspecified atom stereocenters. The van der Waals surface area contributed by atoms with Gasteiger partial charge < -0.3 is 10.1 Å². The van der Waals surface area contributed by atoms with Crippen molar-refractivity contribution in [3.63, 3.8) is 0 Å². The Morgan fingerprint density at radius 2 is 1.33 bits per heavy atom. The maximum Gasteiger partial charge on any atom is 0.445 e. The first-order valence-electron chi connectivity index (χ1n) is 13.6. The highest BCUT2D eigenvalue weighted by Gasteiger charge is 2.60. The number of anilines is 1. The van der Waals surface area contributed by atoms with Crippen molar-refractivity contribution in [2.45, 2.75) is 50.4 Å². The van der Waals surface area contributed by atoms with E-state index in [2.05, 4.69) is 17.2 Å². The number of alkyl halides is 3. The molecule has 0 radical (unpaired) electrons. The van der Waals surface area contributed by atoms with Crippen molar-refractivity contribution in [3.8, 4) is 11.8 Å². The lowest BCUT2D eigenvalue weighted by Crippen LogP contribution is -2.46. The van der Waals surface area contributed by atoms with Gasteiger partial charge in [0.25, 0.3) is 5.60 Å². The van der Waals surface area contributed by atoms with Crippen LogP contribution in [0.25, 0.3) is 0 Å². The lowest BCUT2D eigenvalue weighted by Gasteiger charge is -2.40. The molecule has 0 amide bonds. The Labute approximate surface area is 249 Å². The van der Waals surface area contributed by atoms with E-state index < -0.39 is 28.8 Å². The Kier molecular flexibility index (Phi) is 9.65. The summed E-state index contributed by atoms with van der Waals surface area (Å²) in [5.41, 5.74) is -2.44. The molecule has 216 valence electrons. The first-order valence-corrected chi connectivity index (χ1v) is 14.0. The quantitative estimate of drug-likeness (QED) is 0.0915. The van der Waals surface area contributed by atoms with Crippen molar-refractivity contribution in [3.05, 3.63) is 136 Å². The van der Waals surface area contributed by atoms with E-state index in [1.807, 2.05) is 97.9 Å². The monoisotopic (exact) mass is 589 g/mol. The third kappa shape index (κ3) is 6.32. The van der Waals surface area contributed by atoms with Crippen molar-refractivity contribution in [1.29, 1.82) is 0 Å². The number of esters is 1. The van der Waals surface area contributed by atoms with Crippen LogP contribution in [0.2, 0.25) is 5.02 Å². The first kappa shape index (κ1) is 30.7. The highest BCUT2D eigenvalue weighted by atomic mass is 35.5. The molecule has 0 heterocycles. The molecule has 42 heavy (non-hydrogen) atoms. The van der Waals surface area contributed by atoms with Crippen LogP contribution in [-0.2, 0) is 20.7 Å². The van der Waals surface area contributed by atoms with Gasteiger partial charge in [-0.05, 0) is 47.2 Å². The number of halogens is 4. The molecule has 4 aromatic carbocycles. The van der Waals surface area contributed by atoms with Gasteiger partial charge in [-0.15, -0.1) is 0 Å². The second-order valence-corrected chi connectivity index (χ2v) is 10.3. The minimum atomic E-state index is -5.09. The summed E-state index contributed by atoms with van der Waals surface area (Å²) >= 11 is 6.33. The minimum Gasteiger partial charge on any atom is -0.431 e. The molecule has 4 aromatic rings. The van der Waals surface area contributed by atoms with Gasteiger partial charge >= 0.3 is 12.1 Å². The number of hydrogen-bond donors (Lipinski definition) is 1. The molecule has 1 atom stereocenters. The fraction of sp³-hybridized carbons (Fsp3) is 0.229. The lowest BCUT2D eigenvalue weighted by atomic mass is 9.76. The van der Waals surface area contributed by atoms with Gasteiger partial charge in [-0.3, -0.25) is 4.79 Å². The van der Waals surface area contributed by atoms with E-state index >= 15 is 13.2 Å². The standard InChI is InChI=1S/C35H31ClF3NO2/c1-3-4-5-15-24-33(35(37,38)39,42-26(2)41)31-25-30(36)22-23-32(31)40-34(27-16-9-6-10-17-27,28-18-11-7-12-19-28)29-20-13-8-14-21-29/h6-14,16-23,25,40H,3-5H2,1-2H3. The molecule has 0 spiro atoms. The molecule has 0 bridgehead atoms. The fourth-order valence-electron chi connectivity index (χ4n) is 5.00. The SMILES string of the molecule is CCCCC#CC(OC(C)=O)(c1cc(Cl)ccc1NC(c1ccccc1)(c1ccccc1)c1ccccc1)C(F)(F)F. The van der Waals surface area contributed by atoms with E-state index in [1.54, 1.807) is 0 Å². The van der Waals surface area contributed by atoms with Crippen molar-refractivity contribution in [1.82, 2.24) is 0 Å².